The highest BCUT2D eigenvalue weighted by molar-refractivity contribution is 9.10. The number of nitrogens with zero attached hydrogens (tertiary/aromatic N) is 1. The van der Waals surface area contributed by atoms with Crippen LogP contribution < -0.4 is 5.32 Å². The minimum absolute atomic E-state index is 0.211. The molecule has 0 spiro atoms. The average molecular weight is 295 g/mol. The number of halogens is 1. The Labute approximate surface area is 105 Å². The van der Waals surface area contributed by atoms with E-state index in [0.29, 0.717) is 15.7 Å². The number of nitrogens with one attached hydrogen (secondary N) is 1. The molecule has 0 saturated heterocycles. The molecule has 1 aromatic carbocycles. The van der Waals surface area contributed by atoms with Crippen molar-refractivity contribution in [3.05, 3.63) is 27.7 Å². The molecule has 0 aromatic heterocycles. The van der Waals surface area contributed by atoms with E-state index in [9.17, 15) is 9.59 Å². The highest BCUT2D eigenvalue weighted by Gasteiger charge is 2.27. The van der Waals surface area contributed by atoms with Crippen LogP contribution in [0, 0.1) is 11.3 Å². The Kier molecular flexibility index (Phi) is 3.11. The molecule has 0 unspecified atom stereocenters. The molecule has 1 aromatic rings. The number of ether oxygens (including phenoxy) is 1. The summed E-state index contributed by atoms with van der Waals surface area (Å²) in [4.78, 5) is 22.9. The van der Waals surface area contributed by atoms with Crippen molar-refractivity contribution < 1.29 is 14.3 Å². The van der Waals surface area contributed by atoms with Crippen LogP contribution in [0.15, 0.2) is 16.6 Å². The molecule has 0 saturated carbocycles. The van der Waals surface area contributed by atoms with Crippen LogP contribution in [0.5, 0.6) is 0 Å². The molecule has 17 heavy (non-hydrogen) atoms. The van der Waals surface area contributed by atoms with Crippen LogP contribution in [-0.4, -0.2) is 11.9 Å². The molecule has 1 aliphatic rings. The van der Waals surface area contributed by atoms with Crippen molar-refractivity contribution in [2.24, 2.45) is 0 Å². The normalized spacial score (nSPS) is 12.6. The summed E-state index contributed by atoms with van der Waals surface area (Å²) in [6.45, 7) is 0.211. The predicted octanol–water partition coefficient (Wildman–Crippen LogP) is 1.97. The fourth-order valence-corrected chi connectivity index (χ4v) is 2.00. The molecule has 1 aliphatic heterocycles. The van der Waals surface area contributed by atoms with Crippen LogP contribution in [0.4, 0.5) is 5.69 Å². The zero-order chi connectivity index (χ0) is 12.4. The van der Waals surface area contributed by atoms with Crippen LogP contribution in [0.1, 0.15) is 22.3 Å². The third-order valence-electron chi connectivity index (χ3n) is 2.31. The summed E-state index contributed by atoms with van der Waals surface area (Å²) in [6.07, 6.45) is -0.259. The van der Waals surface area contributed by atoms with Crippen LogP contribution in [0.3, 0.4) is 0 Å². The monoisotopic (exact) mass is 294 g/mol. The lowest BCUT2D eigenvalue weighted by Gasteiger charge is -2.08. The van der Waals surface area contributed by atoms with Gasteiger partial charge in [-0.05, 0) is 22.0 Å². The topological polar surface area (TPSA) is 79.2 Å². The minimum atomic E-state index is -0.464. The second-order valence-corrected chi connectivity index (χ2v) is 4.27. The lowest BCUT2D eigenvalue weighted by Crippen LogP contribution is -2.13. The first kappa shape index (κ1) is 11.6. The largest absolute Gasteiger partial charge is 0.457 e. The number of carbonyl (C=O) groups excluding carboxylic acids is 2. The quantitative estimate of drug-likeness (QED) is 0.846. The first-order chi connectivity index (χ1) is 8.13. The fourth-order valence-electron chi connectivity index (χ4n) is 1.57. The standard InChI is InChI=1S/C11H7BrN2O3/c12-7-2-1-6-5-17-11(16)9(6)10(7)14-8(15)3-4-13/h1-2H,3,5H2,(H,14,15). The third-order valence-corrected chi connectivity index (χ3v) is 2.97. The molecule has 0 radical (unpaired) electrons. The van der Waals surface area contributed by atoms with E-state index in [4.69, 9.17) is 10.00 Å². The number of nitriles is 1. The Balaban J connectivity index is 2.40. The van der Waals surface area contributed by atoms with Crippen LogP contribution in [0.2, 0.25) is 0 Å². The first-order valence-corrected chi connectivity index (χ1v) is 5.58. The Hall–Kier alpha value is -1.87. The molecule has 86 valence electrons. The number of hydrogen-bond acceptors (Lipinski definition) is 4. The van der Waals surface area contributed by atoms with Gasteiger partial charge in [0.1, 0.15) is 13.0 Å². The molecule has 6 heteroatoms. The van der Waals surface area contributed by atoms with Crippen molar-refractivity contribution in [2.75, 3.05) is 5.32 Å². The van der Waals surface area contributed by atoms with Gasteiger partial charge in [0.05, 0.1) is 17.3 Å². The minimum Gasteiger partial charge on any atom is -0.457 e. The van der Waals surface area contributed by atoms with Crippen LogP contribution in [-0.2, 0) is 16.1 Å². The number of esters is 1. The zero-order valence-electron chi connectivity index (χ0n) is 8.62. The SMILES string of the molecule is N#CCC(=O)Nc1c(Br)ccc2c1C(=O)OC2. The van der Waals surface area contributed by atoms with Gasteiger partial charge in [-0.15, -0.1) is 0 Å². The number of fused-ring (bicyclic) bond motifs is 1. The summed E-state index contributed by atoms with van der Waals surface area (Å²) >= 11 is 3.25. The number of cyclic esters (lactones) is 1. The first-order valence-electron chi connectivity index (χ1n) is 4.78. The van der Waals surface area contributed by atoms with Crippen molar-refractivity contribution in [2.45, 2.75) is 13.0 Å². The Bertz CT molecular complexity index is 548. The molecule has 0 atom stereocenters. The van der Waals surface area contributed by atoms with Crippen molar-refractivity contribution in [1.82, 2.24) is 0 Å². The number of carbonyl (C=O) groups is 2. The maximum atomic E-state index is 11.5. The lowest BCUT2D eigenvalue weighted by molar-refractivity contribution is -0.115. The maximum Gasteiger partial charge on any atom is 0.341 e. The van der Waals surface area contributed by atoms with E-state index >= 15 is 0 Å². The molecular weight excluding hydrogens is 288 g/mol. The lowest BCUT2D eigenvalue weighted by atomic mass is 10.1. The number of amides is 1. The van der Waals surface area contributed by atoms with Crippen molar-refractivity contribution in [3.63, 3.8) is 0 Å². The molecule has 5 nitrogen and oxygen atoms in total. The van der Waals surface area contributed by atoms with E-state index in [1.54, 1.807) is 18.2 Å². The molecular formula is C11H7BrN2O3. The van der Waals surface area contributed by atoms with Gasteiger partial charge in [0, 0.05) is 10.0 Å². The van der Waals surface area contributed by atoms with Gasteiger partial charge in [-0.1, -0.05) is 6.07 Å². The molecule has 2 rings (SSSR count). The summed E-state index contributed by atoms with van der Waals surface area (Å²) in [6, 6.07) is 5.22. The summed E-state index contributed by atoms with van der Waals surface area (Å²) in [5.41, 5.74) is 1.45. The van der Waals surface area contributed by atoms with Gasteiger partial charge in [0.2, 0.25) is 5.91 Å². The van der Waals surface area contributed by atoms with E-state index in [2.05, 4.69) is 21.2 Å². The fraction of sp³-hybridized carbons (Fsp3) is 0.182. The zero-order valence-corrected chi connectivity index (χ0v) is 10.2. The average Bonchev–Trinajstić information content (AvgIpc) is 2.65. The van der Waals surface area contributed by atoms with Gasteiger partial charge in [0.25, 0.3) is 0 Å². The van der Waals surface area contributed by atoms with Crippen molar-refractivity contribution in [3.8, 4) is 6.07 Å². The Morgan fingerprint density at radius 2 is 2.35 bits per heavy atom. The molecule has 1 N–H and O–H groups in total. The number of benzene rings is 1. The van der Waals surface area contributed by atoms with E-state index in [0.717, 1.165) is 5.56 Å². The van der Waals surface area contributed by atoms with Crippen molar-refractivity contribution in [1.29, 1.82) is 5.26 Å². The Morgan fingerprint density at radius 1 is 1.59 bits per heavy atom. The second kappa shape index (κ2) is 4.55. The second-order valence-electron chi connectivity index (χ2n) is 3.42. The molecule has 1 amide bonds. The van der Waals surface area contributed by atoms with E-state index in [1.807, 2.05) is 0 Å². The number of anilines is 1. The van der Waals surface area contributed by atoms with Crippen LogP contribution in [0.25, 0.3) is 0 Å². The van der Waals surface area contributed by atoms with Gasteiger partial charge >= 0.3 is 5.97 Å². The summed E-state index contributed by atoms with van der Waals surface area (Å²) in [5.74, 6) is -0.921. The summed E-state index contributed by atoms with van der Waals surface area (Å²) < 4.78 is 5.47. The highest BCUT2D eigenvalue weighted by atomic mass is 79.9. The van der Waals surface area contributed by atoms with Gasteiger partial charge < -0.3 is 10.1 Å². The highest BCUT2D eigenvalue weighted by Crippen LogP contribution is 2.33. The van der Waals surface area contributed by atoms with E-state index < -0.39 is 11.9 Å². The summed E-state index contributed by atoms with van der Waals surface area (Å²) in [5, 5.41) is 10.9. The Morgan fingerprint density at radius 3 is 3.06 bits per heavy atom. The van der Waals surface area contributed by atoms with Gasteiger partial charge in [0.15, 0.2) is 0 Å². The molecule has 0 fully saturated rings. The third kappa shape index (κ3) is 2.15. The van der Waals surface area contributed by atoms with Gasteiger partial charge in [-0.25, -0.2) is 4.79 Å². The number of rotatable bonds is 2. The van der Waals surface area contributed by atoms with E-state index in [-0.39, 0.29) is 13.0 Å². The summed E-state index contributed by atoms with van der Waals surface area (Å²) in [7, 11) is 0. The van der Waals surface area contributed by atoms with E-state index in [1.165, 1.54) is 0 Å². The smallest absolute Gasteiger partial charge is 0.341 e. The molecule has 1 heterocycles. The molecule has 0 bridgehead atoms. The molecule has 0 aliphatic carbocycles. The maximum absolute atomic E-state index is 11.5. The number of hydrogen-bond donors (Lipinski definition) is 1. The van der Waals surface area contributed by atoms with Gasteiger partial charge in [-0.3, -0.25) is 4.79 Å². The predicted molar refractivity (Wildman–Crippen MR) is 62.1 cm³/mol. The van der Waals surface area contributed by atoms with Crippen molar-refractivity contribution >= 4 is 33.5 Å². The van der Waals surface area contributed by atoms with Crippen LogP contribution >= 0.6 is 15.9 Å². The van der Waals surface area contributed by atoms with Gasteiger partial charge in [-0.2, -0.15) is 5.26 Å².